The van der Waals surface area contributed by atoms with Crippen LogP contribution in [0.2, 0.25) is 0 Å². The lowest BCUT2D eigenvalue weighted by Gasteiger charge is -2.03. The van der Waals surface area contributed by atoms with Gasteiger partial charge >= 0.3 is 0 Å². The van der Waals surface area contributed by atoms with E-state index < -0.39 is 6.67 Å². The molecule has 0 radical (unpaired) electrons. The van der Waals surface area contributed by atoms with E-state index in [0.29, 0.717) is 12.2 Å². The van der Waals surface area contributed by atoms with Crippen molar-refractivity contribution in [1.29, 1.82) is 0 Å². The quantitative estimate of drug-likeness (QED) is 0.761. The molecule has 0 spiro atoms. The van der Waals surface area contributed by atoms with Gasteiger partial charge in [0.1, 0.15) is 0 Å². The molecule has 5 nitrogen and oxygen atoms in total. The number of benzene rings is 1. The molecule has 0 aliphatic heterocycles. The molecule has 2 heterocycles. The number of nitrogens with zero attached hydrogens (tertiary/aromatic N) is 1. The molecule has 1 aromatic carbocycles. The maximum absolute atomic E-state index is 12.2. The van der Waals surface area contributed by atoms with Gasteiger partial charge in [-0.05, 0) is 36.1 Å². The number of nitrogens with one attached hydrogen (secondary N) is 2. The van der Waals surface area contributed by atoms with Gasteiger partial charge in [0.25, 0.3) is 5.91 Å². The highest BCUT2D eigenvalue weighted by Gasteiger charge is 2.12. The number of aromatic amines is 1. The van der Waals surface area contributed by atoms with Crippen LogP contribution in [0.1, 0.15) is 27.5 Å². The van der Waals surface area contributed by atoms with Gasteiger partial charge in [-0.15, -0.1) is 0 Å². The standard InChI is InChI=1S/C16H16FN3O2/c1-10-6-12-7-11(2-3-14(12)19-10)9-18-16(21)15-8-13(4-5-17)20-22-15/h2-3,6-8,19H,4-5,9H2,1H3,(H,18,21). The Kier molecular flexibility index (Phi) is 3.91. The molecule has 0 aliphatic rings. The summed E-state index contributed by atoms with van der Waals surface area (Å²) in [4.78, 5) is 15.2. The van der Waals surface area contributed by atoms with E-state index in [9.17, 15) is 9.18 Å². The van der Waals surface area contributed by atoms with Crippen molar-refractivity contribution >= 4 is 16.8 Å². The van der Waals surface area contributed by atoms with Gasteiger partial charge in [0.2, 0.25) is 5.76 Å². The third-order valence-electron chi connectivity index (χ3n) is 3.41. The summed E-state index contributed by atoms with van der Waals surface area (Å²) in [6, 6.07) is 9.48. The zero-order chi connectivity index (χ0) is 15.5. The third-order valence-corrected chi connectivity index (χ3v) is 3.41. The van der Waals surface area contributed by atoms with Crippen LogP contribution in [-0.4, -0.2) is 22.7 Å². The average molecular weight is 301 g/mol. The summed E-state index contributed by atoms with van der Waals surface area (Å²) < 4.78 is 17.1. The normalized spacial score (nSPS) is 11.0. The molecule has 1 amide bonds. The Morgan fingerprint density at radius 2 is 2.23 bits per heavy atom. The molecule has 0 unspecified atom stereocenters. The molecule has 2 aromatic heterocycles. The summed E-state index contributed by atoms with van der Waals surface area (Å²) in [5, 5.41) is 7.52. The van der Waals surface area contributed by atoms with E-state index in [0.717, 1.165) is 22.2 Å². The van der Waals surface area contributed by atoms with Crippen molar-refractivity contribution in [3.8, 4) is 0 Å². The second kappa shape index (κ2) is 6.01. The molecule has 3 rings (SSSR count). The predicted octanol–water partition coefficient (Wildman–Crippen LogP) is 2.91. The van der Waals surface area contributed by atoms with Crippen LogP contribution in [0.25, 0.3) is 10.9 Å². The van der Waals surface area contributed by atoms with Gasteiger partial charge in [0.15, 0.2) is 0 Å². The largest absolute Gasteiger partial charge is 0.359 e. The van der Waals surface area contributed by atoms with Gasteiger partial charge in [-0.25, -0.2) is 0 Å². The predicted molar refractivity (Wildman–Crippen MR) is 80.4 cm³/mol. The molecule has 0 aliphatic carbocycles. The minimum atomic E-state index is -0.524. The fourth-order valence-electron chi connectivity index (χ4n) is 2.34. The van der Waals surface area contributed by atoms with Crippen molar-refractivity contribution in [3.05, 3.63) is 53.0 Å². The number of amides is 1. The first kappa shape index (κ1) is 14.3. The maximum Gasteiger partial charge on any atom is 0.290 e. The minimum absolute atomic E-state index is 0.0991. The van der Waals surface area contributed by atoms with E-state index in [4.69, 9.17) is 4.52 Å². The number of hydrogen-bond donors (Lipinski definition) is 2. The molecule has 114 valence electrons. The molecule has 0 bridgehead atoms. The summed E-state index contributed by atoms with van der Waals surface area (Å²) >= 11 is 0. The van der Waals surface area contributed by atoms with Gasteiger partial charge in [0.05, 0.1) is 12.4 Å². The van der Waals surface area contributed by atoms with Crippen molar-refractivity contribution in [3.63, 3.8) is 0 Å². The summed E-state index contributed by atoms with van der Waals surface area (Å²) in [6.45, 7) is 1.86. The highest BCUT2D eigenvalue weighted by atomic mass is 19.1. The summed E-state index contributed by atoms with van der Waals surface area (Å²) in [6.07, 6.45) is 0.153. The van der Waals surface area contributed by atoms with E-state index in [-0.39, 0.29) is 18.1 Å². The molecule has 6 heteroatoms. The number of rotatable bonds is 5. The number of halogens is 1. The number of H-pyrrole nitrogens is 1. The van der Waals surface area contributed by atoms with Crippen LogP contribution in [0.4, 0.5) is 4.39 Å². The second-order valence-electron chi connectivity index (χ2n) is 5.18. The lowest BCUT2D eigenvalue weighted by molar-refractivity contribution is 0.0914. The van der Waals surface area contributed by atoms with Gasteiger partial charge in [-0.3, -0.25) is 9.18 Å². The molecule has 0 saturated carbocycles. The van der Waals surface area contributed by atoms with Crippen LogP contribution in [-0.2, 0) is 13.0 Å². The highest BCUT2D eigenvalue weighted by molar-refractivity contribution is 5.91. The first-order valence-corrected chi connectivity index (χ1v) is 7.04. The topological polar surface area (TPSA) is 70.9 Å². The van der Waals surface area contributed by atoms with E-state index in [1.165, 1.54) is 6.07 Å². The summed E-state index contributed by atoms with van der Waals surface area (Å²) in [7, 11) is 0. The fraction of sp³-hybridized carbons (Fsp3) is 0.250. The molecule has 3 aromatic rings. The molecule has 0 fully saturated rings. The Morgan fingerprint density at radius 1 is 1.36 bits per heavy atom. The Morgan fingerprint density at radius 3 is 3.05 bits per heavy atom. The first-order valence-electron chi connectivity index (χ1n) is 7.04. The summed E-state index contributed by atoms with van der Waals surface area (Å²) in [5.74, 6) is -0.259. The fourth-order valence-corrected chi connectivity index (χ4v) is 2.34. The van der Waals surface area contributed by atoms with Gasteiger partial charge in [0, 0.05) is 30.2 Å². The van der Waals surface area contributed by atoms with Crippen LogP contribution in [0, 0.1) is 6.92 Å². The Balaban J connectivity index is 1.65. The van der Waals surface area contributed by atoms with E-state index in [2.05, 4.69) is 21.5 Å². The van der Waals surface area contributed by atoms with Gasteiger partial charge < -0.3 is 14.8 Å². The third kappa shape index (κ3) is 3.00. The van der Waals surface area contributed by atoms with Crippen LogP contribution in [0.15, 0.2) is 34.9 Å². The van der Waals surface area contributed by atoms with Crippen LogP contribution in [0.5, 0.6) is 0 Å². The maximum atomic E-state index is 12.2. The SMILES string of the molecule is Cc1cc2cc(CNC(=O)c3cc(CCF)no3)ccc2[nH]1. The molecule has 0 saturated heterocycles. The van der Waals surface area contributed by atoms with Crippen LogP contribution >= 0.6 is 0 Å². The molecular formula is C16H16FN3O2. The van der Waals surface area contributed by atoms with Crippen molar-refractivity contribution in [2.45, 2.75) is 19.9 Å². The van der Waals surface area contributed by atoms with Crippen molar-refractivity contribution in [2.24, 2.45) is 0 Å². The lowest BCUT2D eigenvalue weighted by atomic mass is 10.1. The monoisotopic (exact) mass is 301 g/mol. The number of alkyl halides is 1. The first-order chi connectivity index (χ1) is 10.7. The van der Waals surface area contributed by atoms with Crippen molar-refractivity contribution in [2.75, 3.05) is 6.67 Å². The van der Waals surface area contributed by atoms with Crippen molar-refractivity contribution < 1.29 is 13.7 Å². The van der Waals surface area contributed by atoms with Gasteiger partial charge in [-0.2, -0.15) is 0 Å². The number of aryl methyl sites for hydroxylation is 2. The van der Waals surface area contributed by atoms with Crippen LogP contribution in [0.3, 0.4) is 0 Å². The molecule has 22 heavy (non-hydrogen) atoms. The Hall–Kier alpha value is -2.63. The van der Waals surface area contributed by atoms with E-state index in [1.807, 2.05) is 25.1 Å². The zero-order valence-electron chi connectivity index (χ0n) is 12.1. The zero-order valence-corrected chi connectivity index (χ0v) is 12.1. The number of hydrogen-bond acceptors (Lipinski definition) is 3. The minimum Gasteiger partial charge on any atom is -0.359 e. The number of aromatic nitrogens is 2. The highest BCUT2D eigenvalue weighted by Crippen LogP contribution is 2.17. The van der Waals surface area contributed by atoms with E-state index >= 15 is 0 Å². The smallest absolute Gasteiger partial charge is 0.290 e. The van der Waals surface area contributed by atoms with E-state index in [1.54, 1.807) is 0 Å². The molecular weight excluding hydrogens is 285 g/mol. The summed E-state index contributed by atoms with van der Waals surface area (Å²) in [5.41, 5.74) is 3.59. The van der Waals surface area contributed by atoms with Crippen LogP contribution < -0.4 is 5.32 Å². The molecule has 2 N–H and O–H groups in total. The second-order valence-corrected chi connectivity index (χ2v) is 5.18. The number of carbonyl (C=O) groups excluding carboxylic acids is 1. The Bertz CT molecular complexity index is 807. The Labute approximate surface area is 126 Å². The lowest BCUT2D eigenvalue weighted by Crippen LogP contribution is -2.22. The van der Waals surface area contributed by atoms with Gasteiger partial charge in [-0.1, -0.05) is 11.2 Å². The number of carbonyl (C=O) groups is 1. The van der Waals surface area contributed by atoms with Crippen molar-refractivity contribution in [1.82, 2.24) is 15.5 Å². The molecule has 0 atom stereocenters. The number of fused-ring (bicyclic) bond motifs is 1. The average Bonchev–Trinajstić information content (AvgIpc) is 3.10.